The second-order valence-corrected chi connectivity index (χ2v) is 5.15. The lowest BCUT2D eigenvalue weighted by molar-refractivity contribution is -0.139. The smallest absolute Gasteiger partial charge is 0.329 e. The number of hydrogen-bond acceptors (Lipinski definition) is 5. The number of hydrogen-bond donors (Lipinski definition) is 2. The molecule has 1 aromatic carbocycles. The van der Waals surface area contributed by atoms with E-state index in [0.29, 0.717) is 5.71 Å². The van der Waals surface area contributed by atoms with Crippen LogP contribution < -0.4 is 10.7 Å². The molecule has 0 radical (unpaired) electrons. The van der Waals surface area contributed by atoms with Gasteiger partial charge in [-0.15, -0.1) is 0 Å². The van der Waals surface area contributed by atoms with Gasteiger partial charge in [-0.1, -0.05) is 12.1 Å². The predicted octanol–water partition coefficient (Wildman–Crippen LogP) is 0.632. The minimum atomic E-state index is -0.794. The van der Waals surface area contributed by atoms with Crippen LogP contribution in [-0.4, -0.2) is 38.3 Å². The number of carbonyl (C=O) groups excluding carboxylic acids is 2. The van der Waals surface area contributed by atoms with Gasteiger partial charge in [0.25, 0.3) is 0 Å². The quantitative estimate of drug-likeness (QED) is 0.491. The van der Waals surface area contributed by atoms with Crippen molar-refractivity contribution < 1.29 is 9.59 Å². The van der Waals surface area contributed by atoms with Crippen LogP contribution in [0.4, 0.5) is 0 Å². The summed E-state index contributed by atoms with van der Waals surface area (Å²) in [4.78, 5) is 26.9. The predicted molar refractivity (Wildman–Crippen MR) is 85.0 cm³/mol. The number of benzene rings is 1. The number of hydrazone groups is 1. The molecule has 0 fully saturated rings. The van der Waals surface area contributed by atoms with Gasteiger partial charge in [0.15, 0.2) is 0 Å². The van der Waals surface area contributed by atoms with Gasteiger partial charge < -0.3 is 5.32 Å². The number of nitrogens with zero attached hydrogens (tertiary/aromatic N) is 4. The normalized spacial score (nSPS) is 11.4. The molecule has 8 nitrogen and oxygen atoms in total. The molecule has 2 amide bonds. The second kappa shape index (κ2) is 7.30. The van der Waals surface area contributed by atoms with Gasteiger partial charge in [0, 0.05) is 6.04 Å². The van der Waals surface area contributed by atoms with E-state index in [1.165, 1.54) is 6.33 Å². The van der Waals surface area contributed by atoms with E-state index in [2.05, 4.69) is 25.9 Å². The first-order valence-electron chi connectivity index (χ1n) is 7.08. The average Bonchev–Trinajstić information content (AvgIpc) is 3.06. The summed E-state index contributed by atoms with van der Waals surface area (Å²) in [6, 6.07) is 7.29. The molecule has 0 saturated carbocycles. The molecular weight excluding hydrogens is 296 g/mol. The lowest BCUT2D eigenvalue weighted by atomic mass is 10.1. The first-order chi connectivity index (χ1) is 11.0. The maximum atomic E-state index is 11.6. The summed E-state index contributed by atoms with van der Waals surface area (Å²) in [5, 5.41) is 10.5. The van der Waals surface area contributed by atoms with Crippen molar-refractivity contribution in [3.05, 3.63) is 42.5 Å². The van der Waals surface area contributed by atoms with Crippen LogP contribution in [0.3, 0.4) is 0 Å². The zero-order chi connectivity index (χ0) is 16.8. The fourth-order valence-corrected chi connectivity index (χ4v) is 1.77. The van der Waals surface area contributed by atoms with E-state index in [4.69, 9.17) is 0 Å². The van der Waals surface area contributed by atoms with E-state index >= 15 is 0 Å². The highest BCUT2D eigenvalue weighted by molar-refractivity contribution is 6.35. The molecule has 1 heterocycles. The Kier molecular flexibility index (Phi) is 5.19. The third kappa shape index (κ3) is 4.47. The van der Waals surface area contributed by atoms with Crippen molar-refractivity contribution in [2.45, 2.75) is 26.8 Å². The Morgan fingerprint density at radius 3 is 2.43 bits per heavy atom. The topological polar surface area (TPSA) is 101 Å². The molecule has 8 heteroatoms. The number of aromatic nitrogens is 3. The number of rotatable bonds is 4. The van der Waals surface area contributed by atoms with Gasteiger partial charge >= 0.3 is 11.8 Å². The fraction of sp³-hybridized carbons (Fsp3) is 0.267. The minimum Gasteiger partial charge on any atom is -0.346 e. The Morgan fingerprint density at radius 1 is 1.17 bits per heavy atom. The standard InChI is InChI=1S/C15H18N6O2/c1-10(2)18-14(22)15(23)20-19-11(3)12-4-6-13(7-5-12)21-9-16-8-17-21/h4-10H,1-3H3,(H,18,22)(H,20,23)/b19-11-. The molecule has 0 atom stereocenters. The largest absolute Gasteiger partial charge is 0.346 e. The van der Waals surface area contributed by atoms with Crippen LogP contribution in [0.2, 0.25) is 0 Å². The van der Waals surface area contributed by atoms with Crippen molar-refractivity contribution in [2.24, 2.45) is 5.10 Å². The van der Waals surface area contributed by atoms with Gasteiger partial charge in [-0.05, 0) is 38.5 Å². The van der Waals surface area contributed by atoms with Gasteiger partial charge in [0.1, 0.15) is 12.7 Å². The van der Waals surface area contributed by atoms with Gasteiger partial charge in [-0.2, -0.15) is 10.2 Å². The summed E-state index contributed by atoms with van der Waals surface area (Å²) in [5.74, 6) is -1.50. The van der Waals surface area contributed by atoms with Gasteiger partial charge in [-0.3, -0.25) is 9.59 Å². The molecule has 0 aliphatic heterocycles. The van der Waals surface area contributed by atoms with Crippen molar-refractivity contribution in [2.75, 3.05) is 0 Å². The van der Waals surface area contributed by atoms with Crippen LogP contribution in [0.25, 0.3) is 5.69 Å². The SMILES string of the molecule is C/C(=N/NC(=O)C(=O)NC(C)C)c1ccc(-n2cncn2)cc1. The molecule has 0 unspecified atom stereocenters. The van der Waals surface area contributed by atoms with E-state index in [-0.39, 0.29) is 6.04 Å². The molecule has 2 aromatic rings. The molecule has 2 N–H and O–H groups in total. The van der Waals surface area contributed by atoms with Crippen LogP contribution in [0.1, 0.15) is 26.3 Å². The lowest BCUT2D eigenvalue weighted by Crippen LogP contribution is -2.41. The van der Waals surface area contributed by atoms with Crippen molar-refractivity contribution in [1.82, 2.24) is 25.5 Å². The highest BCUT2D eigenvalue weighted by atomic mass is 16.2. The van der Waals surface area contributed by atoms with Crippen LogP contribution in [0, 0.1) is 0 Å². The molecule has 0 saturated heterocycles. The zero-order valence-electron chi connectivity index (χ0n) is 13.1. The number of carbonyl (C=O) groups is 2. The molecule has 0 aliphatic rings. The monoisotopic (exact) mass is 314 g/mol. The lowest BCUT2D eigenvalue weighted by Gasteiger charge is -2.07. The third-order valence-corrected chi connectivity index (χ3v) is 2.92. The molecule has 120 valence electrons. The summed E-state index contributed by atoms with van der Waals surface area (Å²) >= 11 is 0. The van der Waals surface area contributed by atoms with Crippen LogP contribution >= 0.6 is 0 Å². The van der Waals surface area contributed by atoms with Gasteiger partial charge in [0.05, 0.1) is 11.4 Å². The molecule has 23 heavy (non-hydrogen) atoms. The summed E-state index contributed by atoms with van der Waals surface area (Å²) in [5.41, 5.74) is 4.50. The maximum Gasteiger partial charge on any atom is 0.329 e. The fourth-order valence-electron chi connectivity index (χ4n) is 1.77. The number of amides is 2. The Hall–Kier alpha value is -3.03. The molecule has 0 bridgehead atoms. The summed E-state index contributed by atoms with van der Waals surface area (Å²) in [7, 11) is 0. The molecule has 0 spiro atoms. The molecule has 0 aliphatic carbocycles. The third-order valence-electron chi connectivity index (χ3n) is 2.92. The Bertz CT molecular complexity index is 704. The van der Waals surface area contributed by atoms with E-state index < -0.39 is 11.8 Å². The molecule has 1 aromatic heterocycles. The minimum absolute atomic E-state index is 0.109. The van der Waals surface area contributed by atoms with Gasteiger partial charge in [0.2, 0.25) is 0 Å². The van der Waals surface area contributed by atoms with Crippen molar-refractivity contribution >= 4 is 17.5 Å². The van der Waals surface area contributed by atoms with E-state index in [9.17, 15) is 9.59 Å². The highest BCUT2D eigenvalue weighted by Crippen LogP contribution is 2.08. The first kappa shape index (κ1) is 16.3. The molecule has 2 rings (SSSR count). The van der Waals surface area contributed by atoms with E-state index in [1.807, 2.05) is 24.3 Å². The maximum absolute atomic E-state index is 11.6. The Morgan fingerprint density at radius 2 is 1.87 bits per heavy atom. The second-order valence-electron chi connectivity index (χ2n) is 5.15. The van der Waals surface area contributed by atoms with Crippen LogP contribution in [0.5, 0.6) is 0 Å². The van der Waals surface area contributed by atoms with Crippen molar-refractivity contribution in [3.63, 3.8) is 0 Å². The zero-order valence-corrected chi connectivity index (χ0v) is 13.1. The van der Waals surface area contributed by atoms with Crippen molar-refractivity contribution in [3.8, 4) is 5.69 Å². The average molecular weight is 314 g/mol. The Balaban J connectivity index is 2.01. The summed E-state index contributed by atoms with van der Waals surface area (Å²) in [6.45, 7) is 5.29. The summed E-state index contributed by atoms with van der Waals surface area (Å²) < 4.78 is 1.63. The highest BCUT2D eigenvalue weighted by Gasteiger charge is 2.13. The van der Waals surface area contributed by atoms with Crippen molar-refractivity contribution in [1.29, 1.82) is 0 Å². The Labute approximate surface area is 133 Å². The van der Waals surface area contributed by atoms with Crippen LogP contribution in [-0.2, 0) is 9.59 Å². The van der Waals surface area contributed by atoms with Gasteiger partial charge in [-0.25, -0.2) is 15.1 Å². The van der Waals surface area contributed by atoms with Crippen LogP contribution in [0.15, 0.2) is 42.0 Å². The first-order valence-corrected chi connectivity index (χ1v) is 7.08. The number of nitrogens with one attached hydrogen (secondary N) is 2. The summed E-state index contributed by atoms with van der Waals surface area (Å²) in [6.07, 6.45) is 3.06. The van der Waals surface area contributed by atoms with E-state index in [0.717, 1.165) is 11.3 Å². The molecular formula is C15H18N6O2. The van der Waals surface area contributed by atoms with E-state index in [1.54, 1.807) is 31.8 Å².